The minimum Gasteiger partial charge on any atom is -0.448 e. The fourth-order valence-corrected chi connectivity index (χ4v) is 7.88. The van der Waals surface area contributed by atoms with Crippen molar-refractivity contribution in [2.45, 2.75) is 94.2 Å². The third-order valence-corrected chi connectivity index (χ3v) is 10.1. The summed E-state index contributed by atoms with van der Waals surface area (Å²) in [6, 6.07) is 6.15. The number of likely N-dealkylation sites (tertiary alicyclic amines) is 2. The highest BCUT2D eigenvalue weighted by Crippen LogP contribution is 2.31. The molecule has 0 radical (unpaired) electrons. The van der Waals surface area contributed by atoms with Crippen molar-refractivity contribution in [2.75, 3.05) is 32.8 Å². The van der Waals surface area contributed by atoms with E-state index in [2.05, 4.69) is 4.90 Å². The minimum atomic E-state index is -3.72. The van der Waals surface area contributed by atoms with E-state index in [0.717, 1.165) is 38.8 Å². The molecule has 0 N–H and O–H groups in total. The number of nitrogens with zero attached hydrogens (tertiary/aromatic N) is 3. The molecule has 1 unspecified atom stereocenters. The zero-order valence-electron chi connectivity index (χ0n) is 20.9. The van der Waals surface area contributed by atoms with Crippen LogP contribution in [0.3, 0.4) is 0 Å². The van der Waals surface area contributed by atoms with Crippen molar-refractivity contribution in [1.82, 2.24) is 14.1 Å². The van der Waals surface area contributed by atoms with Crippen LogP contribution in [0.15, 0.2) is 29.2 Å². The van der Waals surface area contributed by atoms with Gasteiger partial charge in [-0.3, -0.25) is 4.90 Å². The monoisotopic (exact) mass is 525 g/mol. The summed E-state index contributed by atoms with van der Waals surface area (Å²) >= 11 is 5.96. The Morgan fingerprint density at radius 2 is 1.63 bits per heavy atom. The number of halogens is 1. The number of hydrogen-bond donors (Lipinski definition) is 0. The molecule has 0 aromatic heterocycles. The maximum Gasteiger partial charge on any atom is 0.409 e. The van der Waals surface area contributed by atoms with Crippen LogP contribution in [0.2, 0.25) is 5.02 Å². The summed E-state index contributed by atoms with van der Waals surface area (Å²) in [7, 11) is -3.72. The van der Waals surface area contributed by atoms with Gasteiger partial charge in [0.25, 0.3) is 0 Å². The lowest BCUT2D eigenvalue weighted by atomic mass is 10.00. The standard InChI is InChI=1S/C26H40ClN3O4S/c1-21-9-7-10-24(30(21)35(32,33)25-14-12-22(27)13-15-25)20-34-26(31)29-18-8-11-23(19-29)28-16-5-3-2-4-6-17-28/h12-15,21,23-24H,2-11,16-20H2,1H3/t21-,23?,24-/m1/s1. The van der Waals surface area contributed by atoms with Gasteiger partial charge in [0.1, 0.15) is 6.61 Å². The molecule has 0 spiro atoms. The molecule has 0 saturated carbocycles. The van der Waals surface area contributed by atoms with Gasteiger partial charge in [0, 0.05) is 30.2 Å². The molecule has 35 heavy (non-hydrogen) atoms. The average molecular weight is 526 g/mol. The van der Waals surface area contributed by atoms with Gasteiger partial charge in [-0.25, -0.2) is 13.2 Å². The van der Waals surface area contributed by atoms with E-state index in [-0.39, 0.29) is 29.7 Å². The number of hydrogen-bond acceptors (Lipinski definition) is 5. The van der Waals surface area contributed by atoms with Gasteiger partial charge < -0.3 is 9.64 Å². The van der Waals surface area contributed by atoms with Crippen LogP contribution >= 0.6 is 11.6 Å². The van der Waals surface area contributed by atoms with E-state index in [1.165, 1.54) is 32.1 Å². The van der Waals surface area contributed by atoms with E-state index in [0.29, 0.717) is 30.6 Å². The van der Waals surface area contributed by atoms with Gasteiger partial charge >= 0.3 is 6.09 Å². The van der Waals surface area contributed by atoms with Crippen LogP contribution < -0.4 is 0 Å². The molecule has 3 aliphatic heterocycles. The summed E-state index contributed by atoms with van der Waals surface area (Å²) in [4.78, 5) is 17.7. The molecular weight excluding hydrogens is 486 g/mol. The van der Waals surface area contributed by atoms with E-state index < -0.39 is 10.0 Å². The molecule has 0 aliphatic carbocycles. The number of sulfonamides is 1. The number of carbonyl (C=O) groups is 1. The molecule has 4 rings (SSSR count). The Morgan fingerprint density at radius 1 is 0.943 bits per heavy atom. The summed E-state index contributed by atoms with van der Waals surface area (Å²) < 4.78 is 34.2. The number of rotatable bonds is 5. The Balaban J connectivity index is 1.37. The zero-order chi connectivity index (χ0) is 24.8. The Morgan fingerprint density at radius 3 is 2.34 bits per heavy atom. The highest BCUT2D eigenvalue weighted by Gasteiger charge is 2.39. The lowest BCUT2D eigenvalue weighted by molar-refractivity contribution is 0.0428. The van der Waals surface area contributed by atoms with Gasteiger partial charge in [-0.1, -0.05) is 37.3 Å². The van der Waals surface area contributed by atoms with Crippen molar-refractivity contribution in [3.05, 3.63) is 29.3 Å². The molecular formula is C26H40ClN3O4S. The van der Waals surface area contributed by atoms with Gasteiger partial charge in [0.05, 0.1) is 10.9 Å². The number of carbonyl (C=O) groups excluding carboxylic acids is 1. The lowest BCUT2D eigenvalue weighted by Gasteiger charge is -2.41. The second kappa shape index (κ2) is 12.3. The van der Waals surface area contributed by atoms with Crippen molar-refractivity contribution >= 4 is 27.7 Å². The maximum absolute atomic E-state index is 13.5. The summed E-state index contributed by atoms with van der Waals surface area (Å²) in [6.45, 7) is 5.65. The fraction of sp³-hybridized carbons (Fsp3) is 0.731. The largest absolute Gasteiger partial charge is 0.448 e. The van der Waals surface area contributed by atoms with E-state index >= 15 is 0 Å². The molecule has 3 aliphatic rings. The molecule has 7 nitrogen and oxygen atoms in total. The van der Waals surface area contributed by atoms with Gasteiger partial charge in [-0.2, -0.15) is 4.31 Å². The highest BCUT2D eigenvalue weighted by atomic mass is 35.5. The first-order chi connectivity index (χ1) is 16.9. The van der Waals surface area contributed by atoms with E-state index in [1.807, 2.05) is 11.8 Å². The molecule has 3 saturated heterocycles. The van der Waals surface area contributed by atoms with E-state index in [9.17, 15) is 13.2 Å². The minimum absolute atomic E-state index is 0.0842. The Kier molecular flexibility index (Phi) is 9.35. The van der Waals surface area contributed by atoms with Crippen molar-refractivity contribution in [2.24, 2.45) is 0 Å². The summed E-state index contributed by atoms with van der Waals surface area (Å²) in [5, 5.41) is 0.497. The zero-order valence-corrected chi connectivity index (χ0v) is 22.5. The predicted molar refractivity (Wildman–Crippen MR) is 138 cm³/mol. The van der Waals surface area contributed by atoms with Gasteiger partial charge in [-0.05, 0) is 82.8 Å². The van der Waals surface area contributed by atoms with Crippen LogP contribution in [-0.2, 0) is 14.8 Å². The van der Waals surface area contributed by atoms with E-state index in [4.69, 9.17) is 16.3 Å². The first-order valence-corrected chi connectivity index (χ1v) is 15.1. The van der Waals surface area contributed by atoms with Gasteiger partial charge in [0.2, 0.25) is 10.0 Å². The smallest absolute Gasteiger partial charge is 0.409 e. The predicted octanol–water partition coefficient (Wildman–Crippen LogP) is 5.14. The summed E-state index contributed by atoms with van der Waals surface area (Å²) in [5.41, 5.74) is 0. The molecule has 1 amide bonds. The molecule has 1 aromatic rings. The first kappa shape index (κ1) is 26.7. The second-order valence-electron chi connectivity index (χ2n) is 10.3. The molecule has 196 valence electrons. The molecule has 3 heterocycles. The van der Waals surface area contributed by atoms with Crippen LogP contribution in [0.4, 0.5) is 4.79 Å². The van der Waals surface area contributed by atoms with Crippen LogP contribution in [0.5, 0.6) is 0 Å². The fourth-order valence-electron chi connectivity index (χ4n) is 5.90. The average Bonchev–Trinajstić information content (AvgIpc) is 2.82. The molecule has 1 aromatic carbocycles. The normalized spacial score (nSPS) is 27.7. The second-order valence-corrected chi connectivity index (χ2v) is 12.6. The lowest BCUT2D eigenvalue weighted by Crippen LogP contribution is -2.53. The topological polar surface area (TPSA) is 70.2 Å². The van der Waals surface area contributed by atoms with Crippen molar-refractivity contribution in [1.29, 1.82) is 0 Å². The molecule has 3 fully saturated rings. The van der Waals surface area contributed by atoms with Crippen molar-refractivity contribution in [3.8, 4) is 0 Å². The van der Waals surface area contributed by atoms with Gasteiger partial charge in [0.15, 0.2) is 0 Å². The highest BCUT2D eigenvalue weighted by molar-refractivity contribution is 7.89. The third-order valence-electron chi connectivity index (χ3n) is 7.80. The number of benzene rings is 1. The maximum atomic E-state index is 13.5. The Hall–Kier alpha value is -1.35. The summed E-state index contributed by atoms with van der Waals surface area (Å²) in [5.74, 6) is 0. The number of piperidine rings is 2. The molecule has 0 bridgehead atoms. The third kappa shape index (κ3) is 6.70. The Bertz CT molecular complexity index is 934. The Labute approximate surface area is 215 Å². The van der Waals surface area contributed by atoms with Gasteiger partial charge in [-0.15, -0.1) is 0 Å². The summed E-state index contributed by atoms with van der Waals surface area (Å²) in [6.07, 6.45) is 10.6. The molecule has 3 atom stereocenters. The van der Waals surface area contributed by atoms with Crippen LogP contribution in [0, 0.1) is 0 Å². The van der Waals surface area contributed by atoms with Crippen LogP contribution in [-0.4, -0.2) is 79.5 Å². The van der Waals surface area contributed by atoms with Crippen LogP contribution in [0.25, 0.3) is 0 Å². The van der Waals surface area contributed by atoms with Crippen molar-refractivity contribution in [3.63, 3.8) is 0 Å². The first-order valence-electron chi connectivity index (χ1n) is 13.3. The number of ether oxygens (including phenoxy) is 1. The van der Waals surface area contributed by atoms with Crippen molar-refractivity contribution < 1.29 is 17.9 Å². The molecule has 9 heteroatoms. The quantitative estimate of drug-likeness (QED) is 0.532. The van der Waals surface area contributed by atoms with E-state index in [1.54, 1.807) is 28.6 Å². The van der Waals surface area contributed by atoms with Crippen LogP contribution in [0.1, 0.15) is 71.1 Å². The number of amides is 1. The SMILES string of the molecule is C[C@@H]1CCC[C@H](COC(=O)N2CCCC(N3CCCCCCC3)C2)N1S(=O)(=O)c1ccc(Cl)cc1.